The van der Waals surface area contributed by atoms with Crippen LogP contribution in [0.15, 0.2) is 24.3 Å². The van der Waals surface area contributed by atoms with Gasteiger partial charge in [-0.1, -0.05) is 30.4 Å². The number of rotatable bonds is 2. The fourth-order valence-electron chi connectivity index (χ4n) is 1.69. The van der Waals surface area contributed by atoms with Crippen molar-refractivity contribution in [3.63, 3.8) is 0 Å². The molecular formula is C12H12O2. The second kappa shape index (κ2) is 3.29. The maximum absolute atomic E-state index is 10.8. The number of carboxylic acids is 1. The molecule has 14 heavy (non-hydrogen) atoms. The van der Waals surface area contributed by atoms with Crippen molar-refractivity contribution in [3.05, 3.63) is 41.0 Å². The van der Waals surface area contributed by atoms with Gasteiger partial charge in [0.15, 0.2) is 0 Å². The molecule has 0 heterocycles. The van der Waals surface area contributed by atoms with Crippen LogP contribution in [0.4, 0.5) is 0 Å². The molecule has 1 unspecified atom stereocenters. The van der Waals surface area contributed by atoms with Gasteiger partial charge >= 0.3 is 5.97 Å². The van der Waals surface area contributed by atoms with Gasteiger partial charge in [0.2, 0.25) is 0 Å². The highest BCUT2D eigenvalue weighted by atomic mass is 16.4. The Morgan fingerprint density at radius 2 is 2.29 bits per heavy atom. The van der Waals surface area contributed by atoms with E-state index in [4.69, 9.17) is 5.11 Å². The van der Waals surface area contributed by atoms with Crippen molar-refractivity contribution in [2.24, 2.45) is 0 Å². The van der Waals surface area contributed by atoms with E-state index in [2.05, 4.69) is 12.2 Å². The van der Waals surface area contributed by atoms with Crippen LogP contribution in [0.3, 0.4) is 0 Å². The Bertz CT molecular complexity index is 405. The highest BCUT2D eigenvalue weighted by Gasteiger charge is 2.15. The Balaban J connectivity index is 2.35. The van der Waals surface area contributed by atoms with Gasteiger partial charge in [-0.15, -0.1) is 0 Å². The summed E-state index contributed by atoms with van der Waals surface area (Å²) in [5.41, 5.74) is 3.34. The van der Waals surface area contributed by atoms with E-state index in [9.17, 15) is 4.79 Å². The summed E-state index contributed by atoms with van der Waals surface area (Å²) in [5.74, 6) is -1.18. The summed E-state index contributed by atoms with van der Waals surface area (Å²) in [6.45, 7) is 1.71. The molecule has 0 saturated carbocycles. The third-order valence-electron chi connectivity index (χ3n) is 2.67. The number of carbonyl (C=O) groups is 1. The summed E-state index contributed by atoms with van der Waals surface area (Å²) in [6, 6.07) is 5.88. The van der Waals surface area contributed by atoms with Gasteiger partial charge in [-0.3, -0.25) is 4.79 Å². The molecule has 1 aromatic carbocycles. The van der Waals surface area contributed by atoms with Crippen molar-refractivity contribution in [1.82, 2.24) is 0 Å². The molecule has 72 valence electrons. The molecule has 1 aromatic rings. The first-order valence-electron chi connectivity index (χ1n) is 4.70. The summed E-state index contributed by atoms with van der Waals surface area (Å²) < 4.78 is 0. The molecule has 2 nitrogen and oxygen atoms in total. The number of aliphatic carboxylic acids is 1. The highest BCUT2D eigenvalue weighted by molar-refractivity contribution is 5.76. The molecule has 0 saturated heterocycles. The molecule has 1 atom stereocenters. The summed E-state index contributed by atoms with van der Waals surface area (Å²) in [4.78, 5) is 10.8. The van der Waals surface area contributed by atoms with Gasteiger partial charge in [-0.2, -0.15) is 0 Å². The summed E-state index contributed by atoms with van der Waals surface area (Å²) in [6.07, 6.45) is 5.10. The van der Waals surface area contributed by atoms with E-state index in [1.807, 2.05) is 18.2 Å². The topological polar surface area (TPSA) is 37.3 Å². The van der Waals surface area contributed by atoms with Crippen LogP contribution in [-0.4, -0.2) is 11.1 Å². The van der Waals surface area contributed by atoms with Crippen molar-refractivity contribution in [3.8, 4) is 0 Å². The first-order chi connectivity index (χ1) is 6.68. The monoisotopic (exact) mass is 188 g/mol. The molecule has 2 rings (SSSR count). The fourth-order valence-corrected chi connectivity index (χ4v) is 1.69. The lowest BCUT2D eigenvalue weighted by molar-refractivity contribution is -0.138. The predicted octanol–water partition coefficient (Wildman–Crippen LogP) is 2.44. The van der Waals surface area contributed by atoms with Gasteiger partial charge < -0.3 is 5.11 Å². The minimum absolute atomic E-state index is 0.416. The van der Waals surface area contributed by atoms with Crippen molar-refractivity contribution in [2.45, 2.75) is 19.3 Å². The Morgan fingerprint density at radius 1 is 1.50 bits per heavy atom. The molecule has 1 aliphatic rings. The number of carboxylic acid groups (broad SMARTS) is 1. The first kappa shape index (κ1) is 9.00. The number of allylic oxidation sites excluding steroid dienone is 1. The molecule has 0 fully saturated rings. The van der Waals surface area contributed by atoms with Crippen LogP contribution in [0.2, 0.25) is 0 Å². The molecule has 0 bridgehead atoms. The average Bonchev–Trinajstić information content (AvgIpc) is 2.62. The van der Waals surface area contributed by atoms with E-state index in [-0.39, 0.29) is 0 Å². The van der Waals surface area contributed by atoms with Gasteiger partial charge in [0.05, 0.1) is 5.92 Å². The molecule has 0 aromatic heterocycles. The minimum Gasteiger partial charge on any atom is -0.481 e. The summed E-state index contributed by atoms with van der Waals surface area (Å²) >= 11 is 0. The van der Waals surface area contributed by atoms with Crippen molar-refractivity contribution in [2.75, 3.05) is 0 Å². The minimum atomic E-state index is -0.768. The van der Waals surface area contributed by atoms with E-state index < -0.39 is 11.9 Å². The van der Waals surface area contributed by atoms with Crippen LogP contribution in [0.25, 0.3) is 6.08 Å². The van der Waals surface area contributed by atoms with Gasteiger partial charge in [0.1, 0.15) is 0 Å². The standard InChI is InChI=1S/C12H12O2/c1-8(12(13)14)10-6-5-9-3-2-4-11(9)7-10/h2-3,5-8H,4H2,1H3,(H,13,14). The summed E-state index contributed by atoms with van der Waals surface area (Å²) in [7, 11) is 0. The molecular weight excluding hydrogens is 176 g/mol. The molecule has 0 spiro atoms. The Morgan fingerprint density at radius 3 is 3.00 bits per heavy atom. The first-order valence-corrected chi connectivity index (χ1v) is 4.70. The number of hydrogen-bond acceptors (Lipinski definition) is 1. The largest absolute Gasteiger partial charge is 0.481 e. The SMILES string of the molecule is CC(C(=O)O)c1ccc2c(c1)CC=C2. The maximum Gasteiger partial charge on any atom is 0.310 e. The van der Waals surface area contributed by atoms with Gasteiger partial charge in [-0.25, -0.2) is 0 Å². The Labute approximate surface area is 82.9 Å². The van der Waals surface area contributed by atoms with E-state index in [0.29, 0.717) is 0 Å². The lowest BCUT2D eigenvalue weighted by Crippen LogP contribution is -2.07. The van der Waals surface area contributed by atoms with Crippen LogP contribution in [0, 0.1) is 0 Å². The van der Waals surface area contributed by atoms with Crippen LogP contribution < -0.4 is 0 Å². The molecule has 2 heteroatoms. The number of hydrogen-bond donors (Lipinski definition) is 1. The zero-order valence-corrected chi connectivity index (χ0v) is 8.03. The van der Waals surface area contributed by atoms with E-state index in [1.54, 1.807) is 6.92 Å². The second-order valence-corrected chi connectivity index (χ2v) is 3.62. The van der Waals surface area contributed by atoms with Crippen LogP contribution in [0.5, 0.6) is 0 Å². The fraction of sp³-hybridized carbons (Fsp3) is 0.250. The van der Waals surface area contributed by atoms with E-state index in [1.165, 1.54) is 11.1 Å². The predicted molar refractivity (Wildman–Crippen MR) is 55.2 cm³/mol. The lowest BCUT2D eigenvalue weighted by Gasteiger charge is -2.08. The van der Waals surface area contributed by atoms with Crippen LogP contribution >= 0.6 is 0 Å². The van der Waals surface area contributed by atoms with E-state index in [0.717, 1.165) is 12.0 Å². The van der Waals surface area contributed by atoms with Crippen LogP contribution in [-0.2, 0) is 11.2 Å². The van der Waals surface area contributed by atoms with Crippen LogP contribution in [0.1, 0.15) is 29.5 Å². The normalized spacial score (nSPS) is 15.2. The highest BCUT2D eigenvalue weighted by Crippen LogP contribution is 2.24. The third-order valence-corrected chi connectivity index (χ3v) is 2.67. The quantitative estimate of drug-likeness (QED) is 0.774. The molecule has 1 aliphatic carbocycles. The number of benzene rings is 1. The van der Waals surface area contributed by atoms with Crippen molar-refractivity contribution in [1.29, 1.82) is 0 Å². The summed E-state index contributed by atoms with van der Waals surface area (Å²) in [5, 5.41) is 8.87. The zero-order chi connectivity index (χ0) is 10.1. The van der Waals surface area contributed by atoms with Crippen molar-refractivity contribution >= 4 is 12.0 Å². The number of fused-ring (bicyclic) bond motifs is 1. The molecule has 1 N–H and O–H groups in total. The third kappa shape index (κ3) is 1.43. The van der Waals surface area contributed by atoms with E-state index >= 15 is 0 Å². The Kier molecular flexibility index (Phi) is 2.12. The lowest BCUT2D eigenvalue weighted by atomic mass is 9.97. The maximum atomic E-state index is 10.8. The van der Waals surface area contributed by atoms with Crippen molar-refractivity contribution < 1.29 is 9.90 Å². The smallest absolute Gasteiger partial charge is 0.310 e. The van der Waals surface area contributed by atoms with Gasteiger partial charge in [-0.05, 0) is 30.0 Å². The van der Waals surface area contributed by atoms with Gasteiger partial charge in [0, 0.05) is 0 Å². The zero-order valence-electron chi connectivity index (χ0n) is 8.03. The van der Waals surface area contributed by atoms with Gasteiger partial charge in [0.25, 0.3) is 0 Å². The second-order valence-electron chi connectivity index (χ2n) is 3.62. The Hall–Kier alpha value is -1.57. The molecule has 0 amide bonds. The average molecular weight is 188 g/mol. The molecule has 0 aliphatic heterocycles. The molecule has 0 radical (unpaired) electrons.